The molecule has 0 radical (unpaired) electrons. The van der Waals surface area contributed by atoms with Crippen LogP contribution >= 0.6 is 45.9 Å². The Balaban J connectivity index is 2.36. The second-order valence-corrected chi connectivity index (χ2v) is 6.76. The van der Waals surface area contributed by atoms with E-state index >= 15 is 0 Å². The molecule has 0 fully saturated rings. The summed E-state index contributed by atoms with van der Waals surface area (Å²) in [5, 5.41) is 4.23. The first-order valence-corrected chi connectivity index (χ1v) is 7.23. The van der Waals surface area contributed by atoms with E-state index in [1.54, 1.807) is 22.7 Å². The van der Waals surface area contributed by atoms with Gasteiger partial charge in [0.15, 0.2) is 0 Å². The Morgan fingerprint density at radius 1 is 1.07 bits per heavy atom. The molecular formula is C11H8Cl2S2. The predicted octanol–water partition coefficient (Wildman–Crippen LogP) is 4.90. The number of fused-ring (bicyclic) bond motifs is 3. The van der Waals surface area contributed by atoms with E-state index < -0.39 is 4.84 Å². The Morgan fingerprint density at radius 2 is 1.53 bits per heavy atom. The van der Waals surface area contributed by atoms with Gasteiger partial charge in [-0.2, -0.15) is 0 Å². The van der Waals surface area contributed by atoms with Gasteiger partial charge in [0.25, 0.3) is 0 Å². The predicted molar refractivity (Wildman–Crippen MR) is 69.6 cm³/mol. The van der Waals surface area contributed by atoms with Crippen molar-refractivity contribution >= 4 is 45.9 Å². The zero-order chi connectivity index (χ0) is 10.6. The van der Waals surface area contributed by atoms with Crippen LogP contribution in [0.4, 0.5) is 0 Å². The third-order valence-electron chi connectivity index (χ3n) is 3.09. The zero-order valence-corrected chi connectivity index (χ0v) is 11.1. The lowest BCUT2D eigenvalue weighted by atomic mass is 9.84. The molecule has 0 saturated heterocycles. The summed E-state index contributed by atoms with van der Waals surface area (Å²) >= 11 is 15.9. The number of hydrogen-bond acceptors (Lipinski definition) is 2. The van der Waals surface area contributed by atoms with Gasteiger partial charge in [-0.3, -0.25) is 0 Å². The molecule has 0 atom stereocenters. The Hall–Kier alpha value is -0.0200. The molecule has 1 aliphatic carbocycles. The van der Waals surface area contributed by atoms with Crippen LogP contribution in [0, 0.1) is 0 Å². The van der Waals surface area contributed by atoms with Gasteiger partial charge in [0.1, 0.15) is 4.84 Å². The Morgan fingerprint density at radius 3 is 1.93 bits per heavy atom. The summed E-state index contributed by atoms with van der Waals surface area (Å²) in [6.45, 7) is 2.13. The summed E-state index contributed by atoms with van der Waals surface area (Å²) in [6.07, 6.45) is 0. The lowest BCUT2D eigenvalue weighted by Gasteiger charge is -2.26. The molecule has 0 bridgehead atoms. The van der Waals surface area contributed by atoms with Gasteiger partial charge in [0.05, 0.1) is 5.41 Å². The second-order valence-electron chi connectivity index (χ2n) is 3.83. The standard InChI is InChI=1S/C11H8Cl2S2/c1-11(10(12)13)6-2-4-14-8(6)9-7(11)3-5-15-9/h2-5,10H,1H3. The van der Waals surface area contributed by atoms with Crippen LogP contribution in [0.1, 0.15) is 18.1 Å². The summed E-state index contributed by atoms with van der Waals surface area (Å²) in [4.78, 5) is 2.28. The Labute approximate surface area is 106 Å². The van der Waals surface area contributed by atoms with E-state index in [2.05, 4.69) is 29.8 Å². The van der Waals surface area contributed by atoms with Crippen LogP contribution in [0.3, 0.4) is 0 Å². The van der Waals surface area contributed by atoms with Crippen LogP contribution < -0.4 is 0 Å². The molecule has 0 aromatic carbocycles. The van der Waals surface area contributed by atoms with Gasteiger partial charge in [0, 0.05) is 9.75 Å². The van der Waals surface area contributed by atoms with E-state index in [0.29, 0.717) is 0 Å². The summed E-state index contributed by atoms with van der Waals surface area (Å²) in [5.74, 6) is 0. The zero-order valence-electron chi connectivity index (χ0n) is 7.96. The smallest absolute Gasteiger partial charge is 0.121 e. The van der Waals surface area contributed by atoms with Crippen molar-refractivity contribution in [3.05, 3.63) is 34.0 Å². The van der Waals surface area contributed by atoms with Crippen molar-refractivity contribution in [2.45, 2.75) is 17.2 Å². The third-order valence-corrected chi connectivity index (χ3v) is 5.96. The maximum Gasteiger partial charge on any atom is 0.121 e. The van der Waals surface area contributed by atoms with Gasteiger partial charge in [-0.05, 0) is 40.9 Å². The number of hydrogen-bond donors (Lipinski definition) is 0. The first-order valence-electron chi connectivity index (χ1n) is 4.60. The van der Waals surface area contributed by atoms with Crippen molar-refractivity contribution in [3.63, 3.8) is 0 Å². The molecular weight excluding hydrogens is 267 g/mol. The minimum atomic E-state index is -0.401. The van der Waals surface area contributed by atoms with Crippen molar-refractivity contribution in [1.82, 2.24) is 0 Å². The van der Waals surface area contributed by atoms with Crippen LogP contribution in [0.15, 0.2) is 22.9 Å². The minimum absolute atomic E-state index is 0.228. The molecule has 4 heteroatoms. The highest BCUT2D eigenvalue weighted by Gasteiger charge is 2.45. The highest BCUT2D eigenvalue weighted by Crippen LogP contribution is 2.56. The molecule has 0 N–H and O–H groups in total. The van der Waals surface area contributed by atoms with Crippen LogP contribution in [-0.2, 0) is 5.41 Å². The van der Waals surface area contributed by atoms with Crippen LogP contribution in [0.25, 0.3) is 9.75 Å². The first-order chi connectivity index (χ1) is 7.15. The van der Waals surface area contributed by atoms with E-state index in [-0.39, 0.29) is 5.41 Å². The van der Waals surface area contributed by atoms with Gasteiger partial charge < -0.3 is 0 Å². The maximum absolute atomic E-state index is 6.17. The molecule has 2 aromatic heterocycles. The van der Waals surface area contributed by atoms with Crippen molar-refractivity contribution in [3.8, 4) is 9.75 Å². The lowest BCUT2D eigenvalue weighted by molar-refractivity contribution is 0.638. The Kier molecular flexibility index (Phi) is 2.19. The fraction of sp³-hybridized carbons (Fsp3) is 0.273. The minimum Gasteiger partial charge on any atom is -0.143 e. The van der Waals surface area contributed by atoms with Gasteiger partial charge >= 0.3 is 0 Å². The SMILES string of the molecule is CC1(C(Cl)Cl)c2ccsc2-c2sccc21. The fourth-order valence-electron chi connectivity index (χ4n) is 2.17. The van der Waals surface area contributed by atoms with Crippen LogP contribution in [0.2, 0.25) is 0 Å². The third kappa shape index (κ3) is 1.14. The van der Waals surface area contributed by atoms with Gasteiger partial charge in [0.2, 0.25) is 0 Å². The molecule has 78 valence electrons. The number of rotatable bonds is 1. The van der Waals surface area contributed by atoms with Crippen molar-refractivity contribution in [1.29, 1.82) is 0 Å². The normalized spacial score (nSPS) is 16.8. The fourth-order valence-corrected chi connectivity index (χ4v) is 4.86. The highest BCUT2D eigenvalue weighted by molar-refractivity contribution is 7.21. The summed E-state index contributed by atoms with van der Waals surface area (Å²) < 4.78 is 0. The average Bonchev–Trinajstić information content (AvgIpc) is 2.85. The molecule has 0 saturated carbocycles. The van der Waals surface area contributed by atoms with Crippen LogP contribution in [-0.4, -0.2) is 4.84 Å². The maximum atomic E-state index is 6.17. The molecule has 2 heterocycles. The first kappa shape index (κ1) is 10.2. The number of thiophene rings is 2. The van der Waals surface area contributed by atoms with Crippen molar-refractivity contribution in [2.75, 3.05) is 0 Å². The Bertz CT molecular complexity index is 470. The average molecular weight is 275 g/mol. The molecule has 3 rings (SSSR count). The van der Waals surface area contributed by atoms with E-state index in [9.17, 15) is 0 Å². The summed E-state index contributed by atoms with van der Waals surface area (Å²) in [6, 6.07) is 4.29. The quantitative estimate of drug-likeness (QED) is 0.649. The van der Waals surface area contributed by atoms with Gasteiger partial charge in [-0.1, -0.05) is 0 Å². The van der Waals surface area contributed by atoms with E-state index in [1.165, 1.54) is 20.9 Å². The second kappa shape index (κ2) is 3.24. The molecule has 0 spiro atoms. The topological polar surface area (TPSA) is 0 Å². The molecule has 0 amide bonds. The summed E-state index contributed by atoms with van der Waals surface area (Å²) in [7, 11) is 0. The molecule has 0 unspecified atom stereocenters. The summed E-state index contributed by atoms with van der Waals surface area (Å²) in [5.41, 5.74) is 2.34. The molecule has 0 aliphatic heterocycles. The highest BCUT2D eigenvalue weighted by atomic mass is 35.5. The molecule has 15 heavy (non-hydrogen) atoms. The van der Waals surface area contributed by atoms with Gasteiger partial charge in [-0.25, -0.2) is 0 Å². The van der Waals surface area contributed by atoms with Crippen molar-refractivity contribution in [2.24, 2.45) is 0 Å². The van der Waals surface area contributed by atoms with Gasteiger partial charge in [-0.15, -0.1) is 45.9 Å². The number of alkyl halides is 2. The monoisotopic (exact) mass is 274 g/mol. The van der Waals surface area contributed by atoms with Crippen LogP contribution in [0.5, 0.6) is 0 Å². The van der Waals surface area contributed by atoms with E-state index in [4.69, 9.17) is 23.2 Å². The number of halogens is 2. The van der Waals surface area contributed by atoms with E-state index in [1.807, 2.05) is 0 Å². The largest absolute Gasteiger partial charge is 0.143 e. The molecule has 2 aromatic rings. The van der Waals surface area contributed by atoms with Crippen molar-refractivity contribution < 1.29 is 0 Å². The lowest BCUT2D eigenvalue weighted by Crippen LogP contribution is -2.27. The van der Waals surface area contributed by atoms with E-state index in [0.717, 1.165) is 0 Å². The molecule has 0 nitrogen and oxygen atoms in total. The molecule has 1 aliphatic rings.